The molecule has 4 atom stereocenters. The third-order valence-corrected chi connectivity index (χ3v) is 10.1. The van der Waals surface area contributed by atoms with Crippen LogP contribution in [-0.2, 0) is 16.0 Å². The molecule has 2 fully saturated rings. The molecule has 0 aliphatic carbocycles. The number of fused-ring (bicyclic) bond motifs is 2. The van der Waals surface area contributed by atoms with E-state index in [2.05, 4.69) is 25.2 Å². The predicted octanol–water partition coefficient (Wildman–Crippen LogP) is 2.38. The quantitative estimate of drug-likeness (QED) is 0.463. The van der Waals surface area contributed by atoms with Gasteiger partial charge in [-0.1, -0.05) is 24.8 Å². The number of thiazole rings is 1. The summed E-state index contributed by atoms with van der Waals surface area (Å²) < 4.78 is 2.95. The maximum atomic E-state index is 12.5. The Balaban J connectivity index is 1.35. The number of hydrogen-bond acceptors (Lipinski definition) is 7. The highest BCUT2D eigenvalue weighted by Crippen LogP contribution is 2.52. The highest BCUT2D eigenvalue weighted by molar-refractivity contribution is 8.04. The number of likely N-dealkylation sites (tertiary alicyclic amines) is 1. The third kappa shape index (κ3) is 4.06. The normalized spacial score (nSPS) is 27.1. The Labute approximate surface area is 208 Å². The molecule has 0 radical (unpaired) electrons. The smallest absolute Gasteiger partial charge is 0.235 e. The average Bonchev–Trinajstić information content (AvgIpc) is 3.29. The minimum Gasteiger partial charge on any atom is -0.543 e. The summed E-state index contributed by atoms with van der Waals surface area (Å²) >= 11 is 2.85. The molecule has 1 amide bonds. The van der Waals surface area contributed by atoms with Gasteiger partial charge in [0, 0.05) is 17.2 Å². The molecule has 1 aromatic carbocycles. The van der Waals surface area contributed by atoms with Gasteiger partial charge in [-0.2, -0.15) is 0 Å². The van der Waals surface area contributed by atoms with Gasteiger partial charge in [-0.25, -0.2) is 4.98 Å². The first-order valence-electron chi connectivity index (χ1n) is 12.1. The number of benzene rings is 1. The van der Waals surface area contributed by atoms with Crippen LogP contribution in [0.15, 0.2) is 33.1 Å². The van der Waals surface area contributed by atoms with Crippen LogP contribution in [0.3, 0.4) is 0 Å². The molecular weight excluding hydrogens is 470 g/mol. The van der Waals surface area contributed by atoms with Crippen LogP contribution in [0.2, 0.25) is 0 Å². The second-order valence-electron chi connectivity index (χ2n) is 10.2. The van der Waals surface area contributed by atoms with Gasteiger partial charge in [-0.05, 0) is 43.9 Å². The lowest BCUT2D eigenvalue weighted by Gasteiger charge is -2.47. The fourth-order valence-corrected chi connectivity index (χ4v) is 8.11. The molecule has 9 heteroatoms. The van der Waals surface area contributed by atoms with Crippen molar-refractivity contribution in [3.8, 4) is 0 Å². The molecule has 4 heterocycles. The lowest BCUT2D eigenvalue weighted by atomic mass is 9.79. The monoisotopic (exact) mass is 501 g/mol. The number of carbonyl (C=O) groups is 2. The molecule has 2 aromatic rings. The molecule has 7 nitrogen and oxygen atoms in total. The summed E-state index contributed by atoms with van der Waals surface area (Å²) in [5.74, 6) is -2.48. The van der Waals surface area contributed by atoms with Gasteiger partial charge < -0.3 is 24.4 Å². The molecule has 34 heavy (non-hydrogen) atoms. The first-order valence-corrected chi connectivity index (χ1v) is 13.7. The zero-order chi connectivity index (χ0) is 24.2. The van der Waals surface area contributed by atoms with Gasteiger partial charge >= 0.3 is 0 Å². The number of likely N-dealkylation sites (N-methyl/N-ethyl adjacent to an activating group) is 1. The van der Waals surface area contributed by atoms with E-state index in [-0.39, 0.29) is 23.6 Å². The molecule has 3 aliphatic heterocycles. The number of thioether (sulfide) groups is 1. The maximum absolute atomic E-state index is 12.5. The number of aliphatic carboxylic acids is 1. The number of hydrogen-bond donors (Lipinski definition) is 1. The van der Waals surface area contributed by atoms with Crippen LogP contribution in [0.1, 0.15) is 38.7 Å². The number of rotatable bonds is 7. The molecule has 0 bridgehead atoms. The van der Waals surface area contributed by atoms with Gasteiger partial charge in [0.15, 0.2) is 4.34 Å². The van der Waals surface area contributed by atoms with Gasteiger partial charge in [0.1, 0.15) is 0 Å². The van der Waals surface area contributed by atoms with Crippen LogP contribution >= 0.6 is 23.1 Å². The van der Waals surface area contributed by atoms with E-state index in [9.17, 15) is 19.8 Å². The topological polar surface area (TPSA) is 93.6 Å². The standard InChI is InChI=1S/C25H31N3O4S2/c1-14-20-19(15(2)29)23(30)27(20)21(24(31)32)22(14)34-25-26-17-13-16(7-8-18(17)33-25)9-12-28(3)10-5-4-6-11-28/h7-8,13-15,19-20,29H,4-6,9-12H2,1-3H3/t14-,15-,19-,20-/m1/s1. The maximum Gasteiger partial charge on any atom is 0.235 e. The van der Waals surface area contributed by atoms with E-state index in [1.54, 1.807) is 6.92 Å². The van der Waals surface area contributed by atoms with E-state index >= 15 is 0 Å². The van der Waals surface area contributed by atoms with Crippen molar-refractivity contribution < 1.29 is 24.3 Å². The highest BCUT2D eigenvalue weighted by atomic mass is 32.2. The summed E-state index contributed by atoms with van der Waals surface area (Å²) in [4.78, 5) is 31.2. The lowest BCUT2D eigenvalue weighted by molar-refractivity contribution is -0.913. The molecule has 0 saturated carbocycles. The number of aliphatic hydroxyl groups is 1. The van der Waals surface area contributed by atoms with E-state index in [1.165, 1.54) is 65.9 Å². The van der Waals surface area contributed by atoms with E-state index < -0.39 is 18.0 Å². The van der Waals surface area contributed by atoms with E-state index in [0.29, 0.717) is 4.91 Å². The number of nitrogens with zero attached hydrogens (tertiary/aromatic N) is 3. The molecule has 0 unspecified atom stereocenters. The zero-order valence-electron chi connectivity index (χ0n) is 19.8. The number of quaternary nitrogens is 1. The van der Waals surface area contributed by atoms with Gasteiger partial charge in [-0.3, -0.25) is 4.79 Å². The minimum atomic E-state index is -1.35. The molecular formula is C25H31N3O4S2. The molecule has 0 spiro atoms. The van der Waals surface area contributed by atoms with Gasteiger partial charge in [0.2, 0.25) is 5.91 Å². The van der Waals surface area contributed by atoms with E-state index in [4.69, 9.17) is 4.98 Å². The van der Waals surface area contributed by atoms with Crippen molar-refractivity contribution in [1.82, 2.24) is 9.88 Å². The van der Waals surface area contributed by atoms with E-state index in [0.717, 1.165) is 32.0 Å². The number of aliphatic hydroxyl groups excluding tert-OH is 1. The van der Waals surface area contributed by atoms with Crippen LogP contribution in [0.5, 0.6) is 0 Å². The fourth-order valence-electron chi connectivity index (χ4n) is 5.79. The predicted molar refractivity (Wildman–Crippen MR) is 131 cm³/mol. The summed E-state index contributed by atoms with van der Waals surface area (Å²) in [7, 11) is 2.36. The van der Waals surface area contributed by atoms with Crippen LogP contribution < -0.4 is 5.11 Å². The second-order valence-corrected chi connectivity index (χ2v) is 12.6. The summed E-state index contributed by atoms with van der Waals surface area (Å²) in [6.45, 7) is 7.13. The summed E-state index contributed by atoms with van der Waals surface area (Å²) in [5.41, 5.74) is 2.13. The number of β-lactam (4-membered cyclic amide) rings is 1. The van der Waals surface area contributed by atoms with Gasteiger partial charge in [0.05, 0.1) is 66.6 Å². The number of piperidine rings is 1. The summed E-state index contributed by atoms with van der Waals surface area (Å²) in [6, 6.07) is 6.09. The largest absolute Gasteiger partial charge is 0.543 e. The van der Waals surface area contributed by atoms with Crippen molar-refractivity contribution in [2.75, 3.05) is 26.7 Å². The number of amides is 1. The molecule has 1 aromatic heterocycles. The van der Waals surface area contributed by atoms with Crippen molar-refractivity contribution >= 4 is 45.2 Å². The lowest BCUT2D eigenvalue weighted by Crippen LogP contribution is -2.64. The van der Waals surface area contributed by atoms with Crippen molar-refractivity contribution in [3.05, 3.63) is 34.4 Å². The van der Waals surface area contributed by atoms with Crippen molar-refractivity contribution in [1.29, 1.82) is 0 Å². The fraction of sp³-hybridized carbons (Fsp3) is 0.560. The van der Waals surface area contributed by atoms with Gasteiger partial charge in [-0.15, -0.1) is 11.3 Å². The Morgan fingerprint density at radius 2 is 2.09 bits per heavy atom. The zero-order valence-corrected chi connectivity index (χ0v) is 21.5. The molecule has 182 valence electrons. The first kappa shape index (κ1) is 23.8. The van der Waals surface area contributed by atoms with Crippen LogP contribution in [-0.4, -0.2) is 70.2 Å². The van der Waals surface area contributed by atoms with Crippen molar-refractivity contribution in [2.24, 2.45) is 11.8 Å². The summed E-state index contributed by atoms with van der Waals surface area (Å²) in [6.07, 6.45) is 4.17. The Hall–Kier alpha value is -1.94. The molecule has 3 aliphatic rings. The second kappa shape index (κ2) is 8.93. The number of carboxylic acids is 1. The highest BCUT2D eigenvalue weighted by Gasteiger charge is 2.58. The van der Waals surface area contributed by atoms with E-state index in [1.807, 2.05) is 6.92 Å². The van der Waals surface area contributed by atoms with Crippen LogP contribution in [0, 0.1) is 11.8 Å². The minimum absolute atomic E-state index is 0.0668. The third-order valence-electron chi connectivity index (χ3n) is 7.77. The van der Waals surface area contributed by atoms with Crippen molar-refractivity contribution in [2.45, 2.75) is 56.0 Å². The Morgan fingerprint density at radius 1 is 1.35 bits per heavy atom. The molecule has 2 saturated heterocycles. The van der Waals surface area contributed by atoms with Gasteiger partial charge in [0.25, 0.3) is 0 Å². The number of carbonyl (C=O) groups excluding carboxylic acids is 2. The first-order chi connectivity index (χ1) is 16.2. The van der Waals surface area contributed by atoms with Crippen LogP contribution in [0.25, 0.3) is 10.2 Å². The van der Waals surface area contributed by atoms with Crippen molar-refractivity contribution in [3.63, 3.8) is 0 Å². The average molecular weight is 502 g/mol. The Bertz CT molecular complexity index is 1170. The molecule has 1 N–H and O–H groups in total. The number of carboxylic acid groups (broad SMARTS) is 1. The summed E-state index contributed by atoms with van der Waals surface area (Å²) in [5, 5.41) is 22.0. The molecule has 5 rings (SSSR count). The SMILES string of the molecule is C[C@@H](O)[C@H]1C(=O)N2C(C(=O)[O-])=C(Sc3nc4cc(CC[N+]5(C)CCCCC5)ccc4s3)[C@H](C)[C@H]12. The Morgan fingerprint density at radius 3 is 2.76 bits per heavy atom. The number of aromatic nitrogens is 1. The van der Waals surface area contributed by atoms with Crippen LogP contribution in [0.4, 0.5) is 0 Å². The Kier molecular flexibility index (Phi) is 6.25.